The summed E-state index contributed by atoms with van der Waals surface area (Å²) in [6.45, 7) is 3.68. The molecule has 30 heavy (non-hydrogen) atoms. The Bertz CT molecular complexity index is 1030. The maximum atomic E-state index is 12.9. The van der Waals surface area contributed by atoms with Gasteiger partial charge < -0.3 is 10.2 Å². The van der Waals surface area contributed by atoms with Crippen molar-refractivity contribution in [1.29, 1.82) is 0 Å². The second-order valence-electron chi connectivity index (χ2n) is 7.66. The predicted octanol–water partition coefficient (Wildman–Crippen LogP) is 2.82. The molecule has 1 aliphatic rings. The van der Waals surface area contributed by atoms with E-state index in [4.69, 9.17) is 0 Å². The van der Waals surface area contributed by atoms with Gasteiger partial charge >= 0.3 is 0 Å². The molecule has 1 fully saturated rings. The third-order valence-corrected chi connectivity index (χ3v) is 5.37. The van der Waals surface area contributed by atoms with Crippen LogP contribution < -0.4 is 5.32 Å². The van der Waals surface area contributed by atoms with Crippen molar-refractivity contribution in [2.45, 2.75) is 38.9 Å². The Morgan fingerprint density at radius 1 is 1.13 bits per heavy atom. The monoisotopic (exact) mass is 403 g/mol. The van der Waals surface area contributed by atoms with E-state index in [0.29, 0.717) is 18.7 Å². The number of rotatable bonds is 6. The fourth-order valence-electron chi connectivity index (χ4n) is 3.81. The molecule has 0 aliphatic carbocycles. The van der Waals surface area contributed by atoms with Gasteiger partial charge in [-0.15, -0.1) is 5.10 Å². The Kier molecular flexibility index (Phi) is 5.88. The zero-order valence-electron chi connectivity index (χ0n) is 17.0. The number of aromatic nitrogens is 3. The minimum Gasteiger partial charge on any atom is -0.347 e. The molecular formula is C23H25N5O2. The predicted molar refractivity (Wildman–Crippen MR) is 113 cm³/mol. The topological polar surface area (TPSA) is 80.1 Å². The van der Waals surface area contributed by atoms with Gasteiger partial charge in [-0.25, -0.2) is 4.68 Å². The normalized spacial score (nSPS) is 15.9. The van der Waals surface area contributed by atoms with Gasteiger partial charge in [-0.05, 0) is 37.5 Å². The first-order chi connectivity index (χ1) is 14.6. The van der Waals surface area contributed by atoms with Crippen molar-refractivity contribution in [2.24, 2.45) is 0 Å². The van der Waals surface area contributed by atoms with Gasteiger partial charge in [0, 0.05) is 18.7 Å². The maximum absolute atomic E-state index is 12.9. The SMILES string of the molecule is Cc1cccc(C(=O)N2CCC[C@H]2Cn2cc(C(=O)NCc3ccccc3)nn2)c1. The first-order valence-corrected chi connectivity index (χ1v) is 10.2. The molecule has 1 aromatic heterocycles. The van der Waals surface area contributed by atoms with Gasteiger partial charge in [-0.3, -0.25) is 9.59 Å². The number of carbonyl (C=O) groups excluding carboxylic acids is 2. The van der Waals surface area contributed by atoms with E-state index in [0.717, 1.165) is 30.5 Å². The Labute approximate surface area is 175 Å². The van der Waals surface area contributed by atoms with Crippen molar-refractivity contribution in [2.75, 3.05) is 6.54 Å². The van der Waals surface area contributed by atoms with Gasteiger partial charge in [0.25, 0.3) is 11.8 Å². The fraction of sp³-hybridized carbons (Fsp3) is 0.304. The van der Waals surface area contributed by atoms with E-state index in [1.807, 2.05) is 66.4 Å². The van der Waals surface area contributed by atoms with E-state index in [1.165, 1.54) is 0 Å². The second kappa shape index (κ2) is 8.90. The Hall–Kier alpha value is -3.48. The highest BCUT2D eigenvalue weighted by Gasteiger charge is 2.30. The van der Waals surface area contributed by atoms with Crippen LogP contribution in [0.1, 0.15) is 44.8 Å². The molecule has 1 N–H and O–H groups in total. The van der Waals surface area contributed by atoms with Gasteiger partial charge in [-0.1, -0.05) is 53.2 Å². The summed E-state index contributed by atoms with van der Waals surface area (Å²) in [5.41, 5.74) is 3.08. The van der Waals surface area contributed by atoms with E-state index < -0.39 is 0 Å². The minimum absolute atomic E-state index is 0.0416. The molecular weight excluding hydrogens is 378 g/mol. The number of nitrogens with one attached hydrogen (secondary N) is 1. The van der Waals surface area contributed by atoms with E-state index in [9.17, 15) is 9.59 Å². The van der Waals surface area contributed by atoms with Crippen LogP contribution in [0.4, 0.5) is 0 Å². The van der Waals surface area contributed by atoms with Crippen molar-refractivity contribution in [3.05, 3.63) is 83.2 Å². The number of benzene rings is 2. The maximum Gasteiger partial charge on any atom is 0.273 e. The van der Waals surface area contributed by atoms with Gasteiger partial charge in [-0.2, -0.15) is 0 Å². The minimum atomic E-state index is -0.260. The number of carbonyl (C=O) groups is 2. The molecule has 1 atom stereocenters. The number of nitrogens with zero attached hydrogens (tertiary/aromatic N) is 4. The van der Waals surface area contributed by atoms with Crippen molar-refractivity contribution < 1.29 is 9.59 Å². The van der Waals surface area contributed by atoms with E-state index in [-0.39, 0.29) is 23.6 Å². The standard InChI is InChI=1S/C23H25N5O2/c1-17-7-5-10-19(13-17)23(30)28-12-6-11-20(28)15-27-16-21(25-26-27)22(29)24-14-18-8-3-2-4-9-18/h2-5,7-10,13,16,20H,6,11-12,14-15H2,1H3,(H,24,29)/t20-/m0/s1. The van der Waals surface area contributed by atoms with Gasteiger partial charge in [0.05, 0.1) is 18.8 Å². The molecule has 2 amide bonds. The Morgan fingerprint density at radius 3 is 2.77 bits per heavy atom. The van der Waals surface area contributed by atoms with Crippen LogP contribution in [0, 0.1) is 6.92 Å². The average Bonchev–Trinajstić information content (AvgIpc) is 3.42. The van der Waals surface area contributed by atoms with E-state index >= 15 is 0 Å². The number of hydrogen-bond donors (Lipinski definition) is 1. The quantitative estimate of drug-likeness (QED) is 0.686. The summed E-state index contributed by atoms with van der Waals surface area (Å²) in [7, 11) is 0. The molecule has 0 bridgehead atoms. The van der Waals surface area contributed by atoms with Crippen LogP contribution in [0.25, 0.3) is 0 Å². The van der Waals surface area contributed by atoms with Crippen molar-refractivity contribution >= 4 is 11.8 Å². The Balaban J connectivity index is 1.37. The zero-order valence-corrected chi connectivity index (χ0v) is 17.0. The number of aryl methyl sites for hydroxylation is 1. The summed E-state index contributed by atoms with van der Waals surface area (Å²) in [5.74, 6) is -0.216. The van der Waals surface area contributed by atoms with Crippen LogP contribution >= 0.6 is 0 Å². The smallest absolute Gasteiger partial charge is 0.273 e. The first kappa shape index (κ1) is 19.8. The zero-order chi connectivity index (χ0) is 20.9. The Morgan fingerprint density at radius 2 is 1.97 bits per heavy atom. The van der Waals surface area contributed by atoms with Crippen LogP contribution in [0.5, 0.6) is 0 Å². The van der Waals surface area contributed by atoms with Crippen LogP contribution in [0.15, 0.2) is 60.8 Å². The highest BCUT2D eigenvalue weighted by molar-refractivity contribution is 5.94. The molecule has 4 rings (SSSR count). The van der Waals surface area contributed by atoms with Crippen LogP contribution in [0.3, 0.4) is 0 Å². The first-order valence-electron chi connectivity index (χ1n) is 10.2. The lowest BCUT2D eigenvalue weighted by Crippen LogP contribution is -2.38. The molecule has 154 valence electrons. The summed E-state index contributed by atoms with van der Waals surface area (Å²) in [6, 6.07) is 17.4. The molecule has 7 nitrogen and oxygen atoms in total. The van der Waals surface area contributed by atoms with Crippen LogP contribution in [-0.2, 0) is 13.1 Å². The summed E-state index contributed by atoms with van der Waals surface area (Å²) in [5, 5.41) is 11.0. The number of likely N-dealkylation sites (tertiary alicyclic amines) is 1. The van der Waals surface area contributed by atoms with Crippen molar-refractivity contribution in [1.82, 2.24) is 25.2 Å². The molecule has 7 heteroatoms. The van der Waals surface area contributed by atoms with E-state index in [1.54, 1.807) is 10.9 Å². The molecule has 3 aromatic rings. The van der Waals surface area contributed by atoms with Gasteiger partial charge in [0.15, 0.2) is 5.69 Å². The average molecular weight is 403 g/mol. The van der Waals surface area contributed by atoms with Gasteiger partial charge in [0.2, 0.25) is 0 Å². The lowest BCUT2D eigenvalue weighted by molar-refractivity contribution is 0.0720. The van der Waals surface area contributed by atoms with Gasteiger partial charge in [0.1, 0.15) is 0 Å². The van der Waals surface area contributed by atoms with Crippen LogP contribution in [0.2, 0.25) is 0 Å². The van der Waals surface area contributed by atoms with Crippen molar-refractivity contribution in [3.8, 4) is 0 Å². The summed E-state index contributed by atoms with van der Waals surface area (Å²) in [4.78, 5) is 27.2. The summed E-state index contributed by atoms with van der Waals surface area (Å²) >= 11 is 0. The summed E-state index contributed by atoms with van der Waals surface area (Å²) < 4.78 is 1.66. The largest absolute Gasteiger partial charge is 0.347 e. The highest BCUT2D eigenvalue weighted by atomic mass is 16.2. The molecule has 1 aliphatic heterocycles. The van der Waals surface area contributed by atoms with E-state index in [2.05, 4.69) is 15.6 Å². The number of amides is 2. The summed E-state index contributed by atoms with van der Waals surface area (Å²) in [6.07, 6.45) is 3.52. The third kappa shape index (κ3) is 4.56. The molecule has 0 saturated carbocycles. The molecule has 2 aromatic carbocycles. The molecule has 0 unspecified atom stereocenters. The molecule has 2 heterocycles. The lowest BCUT2D eigenvalue weighted by atomic mass is 10.1. The van der Waals surface area contributed by atoms with Crippen LogP contribution in [-0.4, -0.2) is 44.3 Å². The molecule has 0 radical (unpaired) electrons. The number of hydrogen-bond acceptors (Lipinski definition) is 4. The highest BCUT2D eigenvalue weighted by Crippen LogP contribution is 2.22. The second-order valence-corrected chi connectivity index (χ2v) is 7.66. The lowest BCUT2D eigenvalue weighted by Gasteiger charge is -2.24. The third-order valence-electron chi connectivity index (χ3n) is 5.37. The molecule has 0 spiro atoms. The van der Waals surface area contributed by atoms with Crippen molar-refractivity contribution in [3.63, 3.8) is 0 Å². The molecule has 1 saturated heterocycles. The fourth-order valence-corrected chi connectivity index (χ4v) is 3.81.